The van der Waals surface area contributed by atoms with Gasteiger partial charge in [-0.2, -0.15) is 0 Å². The highest BCUT2D eigenvalue weighted by atomic mass is 35.5. The number of benzene rings is 1. The van der Waals surface area contributed by atoms with Gasteiger partial charge in [-0.3, -0.25) is 4.79 Å². The SMILES string of the molecule is Cc1cc(Cl)ccc1-c1ccc(C)c(=O)n1CC(F)F. The second-order valence-corrected chi connectivity index (χ2v) is 5.10. The van der Waals surface area contributed by atoms with Crippen molar-refractivity contribution in [3.63, 3.8) is 0 Å². The zero-order valence-electron chi connectivity index (χ0n) is 11.2. The van der Waals surface area contributed by atoms with Crippen LogP contribution in [0.5, 0.6) is 0 Å². The van der Waals surface area contributed by atoms with Crippen LogP contribution in [0.3, 0.4) is 0 Å². The summed E-state index contributed by atoms with van der Waals surface area (Å²) in [5.41, 5.74) is 2.10. The summed E-state index contributed by atoms with van der Waals surface area (Å²) < 4.78 is 26.5. The first-order valence-corrected chi connectivity index (χ1v) is 6.53. The predicted octanol–water partition coefficient (Wildman–Crippen LogP) is 4.05. The van der Waals surface area contributed by atoms with Crippen molar-refractivity contribution in [1.82, 2.24) is 4.57 Å². The number of hydrogen-bond acceptors (Lipinski definition) is 1. The van der Waals surface area contributed by atoms with Gasteiger partial charge in [-0.15, -0.1) is 0 Å². The number of pyridine rings is 1. The summed E-state index contributed by atoms with van der Waals surface area (Å²) >= 11 is 5.90. The van der Waals surface area contributed by atoms with Crippen LogP contribution in [-0.4, -0.2) is 11.0 Å². The van der Waals surface area contributed by atoms with E-state index < -0.39 is 18.5 Å². The highest BCUT2D eigenvalue weighted by molar-refractivity contribution is 6.30. The van der Waals surface area contributed by atoms with Gasteiger partial charge in [0.1, 0.15) is 0 Å². The standard InChI is InChI=1S/C15H14ClF2NO/c1-9-3-6-13(19(15(9)20)8-14(17)18)12-5-4-11(16)7-10(12)2/h3-7,14H,8H2,1-2H3. The molecule has 0 spiro atoms. The van der Waals surface area contributed by atoms with Crippen LogP contribution in [0.15, 0.2) is 35.1 Å². The molecule has 0 bridgehead atoms. The average Bonchev–Trinajstić information content (AvgIpc) is 2.36. The molecule has 0 saturated carbocycles. The van der Waals surface area contributed by atoms with Gasteiger partial charge in [-0.1, -0.05) is 23.7 Å². The molecular formula is C15H14ClF2NO. The molecule has 0 unspecified atom stereocenters. The van der Waals surface area contributed by atoms with Gasteiger partial charge in [-0.05, 0) is 37.6 Å². The number of alkyl halides is 2. The minimum absolute atomic E-state index is 0.392. The van der Waals surface area contributed by atoms with E-state index in [9.17, 15) is 13.6 Å². The van der Waals surface area contributed by atoms with Crippen molar-refractivity contribution in [2.24, 2.45) is 0 Å². The Morgan fingerprint density at radius 3 is 2.45 bits per heavy atom. The first-order valence-electron chi connectivity index (χ1n) is 6.15. The van der Waals surface area contributed by atoms with Crippen molar-refractivity contribution < 1.29 is 8.78 Å². The highest BCUT2D eigenvalue weighted by Gasteiger charge is 2.14. The number of aromatic nitrogens is 1. The third kappa shape index (κ3) is 2.90. The van der Waals surface area contributed by atoms with E-state index in [1.54, 1.807) is 37.3 Å². The molecule has 0 aliphatic carbocycles. The van der Waals surface area contributed by atoms with Crippen LogP contribution < -0.4 is 5.56 Å². The Morgan fingerprint density at radius 2 is 1.85 bits per heavy atom. The van der Waals surface area contributed by atoms with Gasteiger partial charge in [-0.25, -0.2) is 8.78 Å². The molecule has 0 amide bonds. The summed E-state index contributed by atoms with van der Waals surface area (Å²) in [7, 11) is 0. The van der Waals surface area contributed by atoms with Crippen LogP contribution in [-0.2, 0) is 6.54 Å². The largest absolute Gasteiger partial charge is 0.302 e. The molecule has 0 atom stereocenters. The molecule has 0 radical (unpaired) electrons. The Morgan fingerprint density at radius 1 is 1.15 bits per heavy atom. The summed E-state index contributed by atoms with van der Waals surface area (Å²) in [4.78, 5) is 12.1. The Labute approximate surface area is 120 Å². The summed E-state index contributed by atoms with van der Waals surface area (Å²) in [5.74, 6) is 0. The maximum Gasteiger partial charge on any atom is 0.256 e. The van der Waals surface area contributed by atoms with Gasteiger partial charge in [0.25, 0.3) is 12.0 Å². The molecule has 5 heteroatoms. The fraction of sp³-hybridized carbons (Fsp3) is 0.267. The first kappa shape index (κ1) is 14.7. The van der Waals surface area contributed by atoms with Crippen LogP contribution in [0, 0.1) is 13.8 Å². The smallest absolute Gasteiger partial charge is 0.256 e. The monoisotopic (exact) mass is 297 g/mol. The van der Waals surface area contributed by atoms with E-state index in [2.05, 4.69) is 0 Å². The zero-order chi connectivity index (χ0) is 14.9. The van der Waals surface area contributed by atoms with E-state index in [0.29, 0.717) is 16.3 Å². The van der Waals surface area contributed by atoms with Crippen LogP contribution in [0.1, 0.15) is 11.1 Å². The Kier molecular flexibility index (Phi) is 4.23. The van der Waals surface area contributed by atoms with E-state index in [1.165, 1.54) is 0 Å². The molecule has 2 rings (SSSR count). The molecule has 0 aliphatic heterocycles. The van der Waals surface area contributed by atoms with Gasteiger partial charge in [0.2, 0.25) is 0 Å². The maximum absolute atomic E-state index is 12.7. The van der Waals surface area contributed by atoms with Gasteiger partial charge in [0.15, 0.2) is 0 Å². The molecule has 2 nitrogen and oxygen atoms in total. The van der Waals surface area contributed by atoms with Crippen LogP contribution in [0.25, 0.3) is 11.3 Å². The Hall–Kier alpha value is -1.68. The molecule has 0 aliphatic rings. The molecule has 20 heavy (non-hydrogen) atoms. The number of nitrogens with zero attached hydrogens (tertiary/aromatic N) is 1. The van der Waals surface area contributed by atoms with Gasteiger partial charge in [0, 0.05) is 16.1 Å². The fourth-order valence-electron chi connectivity index (χ4n) is 2.16. The van der Waals surface area contributed by atoms with Crippen molar-refractivity contribution in [3.8, 4) is 11.3 Å². The number of aryl methyl sites for hydroxylation is 2. The lowest BCUT2D eigenvalue weighted by molar-refractivity contribution is 0.126. The van der Waals surface area contributed by atoms with Crippen molar-refractivity contribution in [1.29, 1.82) is 0 Å². The number of halogens is 3. The highest BCUT2D eigenvalue weighted by Crippen LogP contribution is 2.25. The fourth-order valence-corrected chi connectivity index (χ4v) is 2.38. The molecule has 1 heterocycles. The van der Waals surface area contributed by atoms with Crippen molar-refractivity contribution in [2.75, 3.05) is 0 Å². The van der Waals surface area contributed by atoms with Crippen molar-refractivity contribution in [3.05, 3.63) is 56.8 Å². The van der Waals surface area contributed by atoms with E-state index in [1.807, 2.05) is 6.92 Å². The van der Waals surface area contributed by atoms with E-state index in [0.717, 1.165) is 15.7 Å². The van der Waals surface area contributed by atoms with Gasteiger partial charge < -0.3 is 4.57 Å². The number of hydrogen-bond donors (Lipinski definition) is 0. The minimum atomic E-state index is -2.58. The molecule has 2 aromatic rings. The number of rotatable bonds is 3. The molecule has 1 aromatic heterocycles. The normalized spacial score (nSPS) is 11.1. The van der Waals surface area contributed by atoms with Crippen LogP contribution >= 0.6 is 11.6 Å². The third-order valence-electron chi connectivity index (χ3n) is 3.15. The van der Waals surface area contributed by atoms with Gasteiger partial charge in [0.05, 0.1) is 12.2 Å². The molecule has 0 saturated heterocycles. The van der Waals surface area contributed by atoms with E-state index >= 15 is 0 Å². The molecule has 0 fully saturated rings. The topological polar surface area (TPSA) is 22.0 Å². The Balaban J connectivity index is 2.67. The minimum Gasteiger partial charge on any atom is -0.302 e. The molecular weight excluding hydrogens is 284 g/mol. The second kappa shape index (κ2) is 5.75. The summed E-state index contributed by atoms with van der Waals surface area (Å²) in [6.45, 7) is 2.83. The molecule has 1 aromatic carbocycles. The van der Waals surface area contributed by atoms with E-state index in [4.69, 9.17) is 11.6 Å². The lowest BCUT2D eigenvalue weighted by atomic mass is 10.0. The van der Waals surface area contributed by atoms with Crippen LogP contribution in [0.2, 0.25) is 5.02 Å². The lowest BCUT2D eigenvalue weighted by Crippen LogP contribution is -2.26. The van der Waals surface area contributed by atoms with Crippen LogP contribution in [0.4, 0.5) is 8.78 Å². The quantitative estimate of drug-likeness (QED) is 0.837. The van der Waals surface area contributed by atoms with Crippen molar-refractivity contribution in [2.45, 2.75) is 26.8 Å². The predicted molar refractivity (Wildman–Crippen MR) is 76.6 cm³/mol. The zero-order valence-corrected chi connectivity index (χ0v) is 11.9. The molecule has 106 valence electrons. The maximum atomic E-state index is 12.7. The van der Waals surface area contributed by atoms with E-state index in [-0.39, 0.29) is 0 Å². The summed E-state index contributed by atoms with van der Waals surface area (Å²) in [6.07, 6.45) is -2.58. The first-order chi connectivity index (χ1) is 9.40. The second-order valence-electron chi connectivity index (χ2n) is 4.67. The third-order valence-corrected chi connectivity index (χ3v) is 3.38. The average molecular weight is 298 g/mol. The van der Waals surface area contributed by atoms with Crippen molar-refractivity contribution >= 4 is 11.6 Å². The lowest BCUT2D eigenvalue weighted by Gasteiger charge is -2.15. The summed E-state index contributed by atoms with van der Waals surface area (Å²) in [5, 5.41) is 0.570. The van der Waals surface area contributed by atoms with Gasteiger partial charge >= 0.3 is 0 Å². The summed E-state index contributed by atoms with van der Waals surface area (Å²) in [6, 6.07) is 8.50. The Bertz CT molecular complexity index is 695. The molecule has 0 N–H and O–H groups in total.